The van der Waals surface area contributed by atoms with E-state index in [9.17, 15) is 27.6 Å². The molecule has 2 aliphatic heterocycles. The molecule has 0 bridgehead atoms. The quantitative estimate of drug-likeness (QED) is 0.784. The van der Waals surface area contributed by atoms with Gasteiger partial charge in [-0.15, -0.1) is 11.8 Å². The monoisotopic (exact) mass is 402 g/mol. The minimum absolute atomic E-state index is 0.0513. The first-order chi connectivity index (χ1) is 12.6. The van der Waals surface area contributed by atoms with Crippen LogP contribution >= 0.6 is 11.8 Å². The van der Waals surface area contributed by atoms with Gasteiger partial charge < -0.3 is 15.0 Å². The van der Waals surface area contributed by atoms with Crippen molar-refractivity contribution in [3.63, 3.8) is 0 Å². The number of nitrogens with one attached hydrogen (secondary N) is 1. The first kappa shape index (κ1) is 19.5. The van der Waals surface area contributed by atoms with E-state index in [-0.39, 0.29) is 11.6 Å². The first-order valence-corrected chi connectivity index (χ1v) is 9.18. The molecule has 2 aliphatic rings. The molecule has 2 atom stereocenters. The largest absolute Gasteiger partial charge is 0.454 e. The van der Waals surface area contributed by atoms with Gasteiger partial charge in [0.1, 0.15) is 6.04 Å². The Bertz CT molecular complexity index is 786. The van der Waals surface area contributed by atoms with Gasteiger partial charge in [0.05, 0.1) is 10.4 Å². The fourth-order valence-corrected chi connectivity index (χ4v) is 4.62. The number of fused-ring (bicyclic) bond motifs is 1. The Morgan fingerprint density at radius 1 is 1.41 bits per heavy atom. The van der Waals surface area contributed by atoms with Crippen LogP contribution in [0, 0.1) is 0 Å². The fraction of sp³-hybridized carbons (Fsp3) is 0.471. The lowest BCUT2D eigenvalue weighted by Crippen LogP contribution is -2.47. The number of alkyl halides is 3. The molecule has 0 spiro atoms. The van der Waals surface area contributed by atoms with Crippen molar-refractivity contribution in [1.29, 1.82) is 0 Å². The molecular weight excluding hydrogens is 385 g/mol. The number of nitrogens with zero attached hydrogens (tertiary/aromatic N) is 1. The van der Waals surface area contributed by atoms with Crippen LogP contribution in [0.25, 0.3) is 0 Å². The zero-order valence-corrected chi connectivity index (χ0v) is 15.2. The van der Waals surface area contributed by atoms with Crippen LogP contribution in [-0.4, -0.2) is 46.0 Å². The summed E-state index contributed by atoms with van der Waals surface area (Å²) in [5.41, 5.74) is -0.948. The van der Waals surface area contributed by atoms with Crippen LogP contribution in [0.15, 0.2) is 24.3 Å². The molecule has 1 aromatic carbocycles. The van der Waals surface area contributed by atoms with Crippen LogP contribution in [0.4, 0.5) is 18.9 Å². The number of hydrogen-bond acceptors (Lipinski definition) is 5. The van der Waals surface area contributed by atoms with Crippen molar-refractivity contribution in [2.75, 3.05) is 17.7 Å². The van der Waals surface area contributed by atoms with Gasteiger partial charge in [-0.05, 0) is 31.5 Å². The lowest BCUT2D eigenvalue weighted by Gasteiger charge is -2.29. The molecule has 6 nitrogen and oxygen atoms in total. The van der Waals surface area contributed by atoms with E-state index in [2.05, 4.69) is 5.32 Å². The highest BCUT2D eigenvalue weighted by Gasteiger charge is 2.53. The molecule has 1 aromatic rings. The van der Waals surface area contributed by atoms with Crippen LogP contribution in [0.1, 0.15) is 25.3 Å². The summed E-state index contributed by atoms with van der Waals surface area (Å²) >= 11 is 1.49. The maximum atomic E-state index is 12.7. The predicted octanol–water partition coefficient (Wildman–Crippen LogP) is 2.64. The highest BCUT2D eigenvalue weighted by molar-refractivity contribution is 8.01. The molecule has 2 fully saturated rings. The highest BCUT2D eigenvalue weighted by Crippen LogP contribution is 2.47. The Balaban J connectivity index is 1.55. The topological polar surface area (TPSA) is 75.7 Å². The molecule has 10 heteroatoms. The van der Waals surface area contributed by atoms with Gasteiger partial charge in [0.15, 0.2) is 6.61 Å². The third kappa shape index (κ3) is 4.05. The number of hydrogen-bond donors (Lipinski definition) is 1. The molecule has 146 valence electrons. The molecule has 0 radical (unpaired) electrons. The molecule has 0 aromatic heterocycles. The van der Waals surface area contributed by atoms with E-state index < -0.39 is 41.1 Å². The Morgan fingerprint density at radius 2 is 2.15 bits per heavy atom. The Kier molecular flexibility index (Phi) is 5.11. The van der Waals surface area contributed by atoms with Crippen LogP contribution < -0.4 is 5.32 Å². The third-order valence-electron chi connectivity index (χ3n) is 4.54. The second-order valence-corrected chi connectivity index (χ2v) is 8.00. The standard InChI is InChI=1S/C17H17F3N2O4S/c1-16-6-5-14(24)22(16)12(9-27-16)15(25)26-8-13(23)21-11-4-2-3-10(7-11)17(18,19)20/h2-4,7,12H,5-6,8-9H2,1H3,(H,21,23)/t12-,16+/m1/s1. The summed E-state index contributed by atoms with van der Waals surface area (Å²) < 4.78 is 43.0. The number of rotatable bonds is 4. The summed E-state index contributed by atoms with van der Waals surface area (Å²) in [7, 11) is 0. The number of benzene rings is 1. The average Bonchev–Trinajstić information content (AvgIpc) is 3.08. The molecule has 1 N–H and O–H groups in total. The number of carbonyl (C=O) groups excluding carboxylic acids is 3. The van der Waals surface area contributed by atoms with E-state index in [1.165, 1.54) is 28.8 Å². The van der Waals surface area contributed by atoms with Crippen LogP contribution in [0.5, 0.6) is 0 Å². The minimum atomic E-state index is -4.53. The Hall–Kier alpha value is -2.23. The average molecular weight is 402 g/mol. The third-order valence-corrected chi connectivity index (χ3v) is 6.04. The van der Waals surface area contributed by atoms with Gasteiger partial charge in [-0.25, -0.2) is 4.79 Å². The van der Waals surface area contributed by atoms with E-state index >= 15 is 0 Å². The number of anilines is 1. The lowest BCUT2D eigenvalue weighted by atomic mass is 10.2. The van der Waals surface area contributed by atoms with Gasteiger partial charge in [-0.1, -0.05) is 6.07 Å². The number of esters is 1. The molecule has 27 heavy (non-hydrogen) atoms. The molecular formula is C17H17F3N2O4S. The number of thioether (sulfide) groups is 1. The maximum absolute atomic E-state index is 12.7. The molecule has 2 amide bonds. The van der Waals surface area contributed by atoms with Gasteiger partial charge in [-0.3, -0.25) is 9.59 Å². The Labute approximate surface area is 157 Å². The summed E-state index contributed by atoms with van der Waals surface area (Å²) in [4.78, 5) is 37.2. The molecule has 3 rings (SSSR count). The number of halogens is 3. The predicted molar refractivity (Wildman–Crippen MR) is 91.8 cm³/mol. The summed E-state index contributed by atoms with van der Waals surface area (Å²) in [6.07, 6.45) is -3.51. The number of amides is 2. The van der Waals surface area contributed by atoms with Crippen molar-refractivity contribution in [2.45, 2.75) is 36.9 Å². The highest BCUT2D eigenvalue weighted by atomic mass is 32.2. The van der Waals surface area contributed by atoms with E-state index in [0.29, 0.717) is 18.6 Å². The van der Waals surface area contributed by atoms with Crippen molar-refractivity contribution in [2.24, 2.45) is 0 Å². The van der Waals surface area contributed by atoms with Crippen molar-refractivity contribution >= 4 is 35.2 Å². The molecule has 0 unspecified atom stereocenters. The minimum Gasteiger partial charge on any atom is -0.454 e. The van der Waals surface area contributed by atoms with Gasteiger partial charge in [-0.2, -0.15) is 13.2 Å². The van der Waals surface area contributed by atoms with Crippen LogP contribution in [-0.2, 0) is 25.3 Å². The normalized spacial score (nSPS) is 24.7. The summed E-state index contributed by atoms with van der Waals surface area (Å²) in [6.45, 7) is 1.24. The number of ether oxygens (including phenoxy) is 1. The van der Waals surface area contributed by atoms with Crippen molar-refractivity contribution < 1.29 is 32.3 Å². The maximum Gasteiger partial charge on any atom is 0.416 e. The van der Waals surface area contributed by atoms with Crippen molar-refractivity contribution in [1.82, 2.24) is 4.90 Å². The van der Waals surface area contributed by atoms with Crippen molar-refractivity contribution in [3.8, 4) is 0 Å². The molecule has 2 heterocycles. The van der Waals surface area contributed by atoms with E-state index in [1.807, 2.05) is 6.92 Å². The number of carbonyl (C=O) groups is 3. The molecule has 0 aliphatic carbocycles. The van der Waals surface area contributed by atoms with Crippen LogP contribution in [0.2, 0.25) is 0 Å². The first-order valence-electron chi connectivity index (χ1n) is 8.20. The zero-order chi connectivity index (χ0) is 19.8. The van der Waals surface area contributed by atoms with Gasteiger partial charge in [0.2, 0.25) is 5.91 Å². The van der Waals surface area contributed by atoms with Crippen LogP contribution in [0.3, 0.4) is 0 Å². The van der Waals surface area contributed by atoms with E-state index in [4.69, 9.17) is 4.74 Å². The fourth-order valence-electron chi connectivity index (χ4n) is 3.20. The summed E-state index contributed by atoms with van der Waals surface area (Å²) in [6, 6.07) is 3.40. The van der Waals surface area contributed by atoms with Gasteiger partial charge >= 0.3 is 12.1 Å². The van der Waals surface area contributed by atoms with Gasteiger partial charge in [0, 0.05) is 17.9 Å². The molecule has 0 saturated carbocycles. The summed E-state index contributed by atoms with van der Waals surface area (Å²) in [5.74, 6) is -1.20. The second kappa shape index (κ2) is 7.06. The van der Waals surface area contributed by atoms with E-state index in [0.717, 1.165) is 12.1 Å². The zero-order valence-electron chi connectivity index (χ0n) is 14.3. The SMILES string of the molecule is C[C@]12CCC(=O)N1[C@@H](C(=O)OCC(=O)Nc1cccc(C(F)(F)F)c1)CS2. The lowest BCUT2D eigenvalue weighted by molar-refractivity contribution is -0.155. The van der Waals surface area contributed by atoms with E-state index in [1.54, 1.807) is 0 Å². The Morgan fingerprint density at radius 3 is 2.85 bits per heavy atom. The second-order valence-electron chi connectivity index (χ2n) is 6.50. The smallest absolute Gasteiger partial charge is 0.416 e. The molecule has 2 saturated heterocycles. The van der Waals surface area contributed by atoms with Gasteiger partial charge in [0.25, 0.3) is 5.91 Å². The summed E-state index contributed by atoms with van der Waals surface area (Å²) in [5, 5.41) is 2.26. The van der Waals surface area contributed by atoms with Crippen molar-refractivity contribution in [3.05, 3.63) is 29.8 Å².